The minimum atomic E-state index is -0.226. The first-order chi connectivity index (χ1) is 5.76. The van der Waals surface area contributed by atoms with Crippen LogP contribution >= 0.6 is 11.6 Å². The zero-order chi connectivity index (χ0) is 9.40. The van der Waals surface area contributed by atoms with Crippen molar-refractivity contribution in [1.82, 2.24) is 0 Å². The monoisotopic (exact) mass is 190 g/mol. The van der Waals surface area contributed by atoms with Crippen LogP contribution in [0, 0.1) is 5.92 Å². The van der Waals surface area contributed by atoms with E-state index in [0.717, 1.165) is 25.7 Å². The van der Waals surface area contributed by atoms with Crippen LogP contribution in [0.3, 0.4) is 0 Å². The van der Waals surface area contributed by atoms with Crippen molar-refractivity contribution in [2.24, 2.45) is 5.92 Å². The molecule has 0 saturated carbocycles. The zero-order valence-corrected chi connectivity index (χ0v) is 8.56. The van der Waals surface area contributed by atoms with Crippen molar-refractivity contribution in [2.75, 3.05) is 5.88 Å². The molecule has 0 saturated heterocycles. The Hall–Kier alpha value is -0.0100. The molecule has 0 unspecified atom stereocenters. The maximum Gasteiger partial charge on any atom is 0.0602 e. The molecule has 0 spiro atoms. The van der Waals surface area contributed by atoms with E-state index >= 15 is 0 Å². The summed E-state index contributed by atoms with van der Waals surface area (Å²) in [6, 6.07) is 0. The van der Waals surface area contributed by atoms with Gasteiger partial charge in [-0.05, 0) is 19.3 Å². The highest BCUT2D eigenvalue weighted by atomic mass is 35.5. The maximum atomic E-state index is 9.62. The summed E-state index contributed by atoms with van der Waals surface area (Å²) < 4.78 is 0. The van der Waals surface area contributed by atoms with Gasteiger partial charge >= 0.3 is 0 Å². The summed E-state index contributed by atoms with van der Waals surface area (Å²) in [6.45, 7) is 5.79. The maximum absolute atomic E-state index is 9.62. The predicted molar refractivity (Wildman–Crippen MR) is 54.6 cm³/mol. The lowest BCUT2D eigenvalue weighted by Crippen LogP contribution is -2.18. The first-order valence-electron chi connectivity index (χ1n) is 4.62. The average Bonchev–Trinajstić information content (AvgIpc) is 2.06. The highest BCUT2D eigenvalue weighted by molar-refractivity contribution is 6.17. The fourth-order valence-electron chi connectivity index (χ4n) is 1.29. The van der Waals surface area contributed by atoms with Crippen LogP contribution in [-0.2, 0) is 0 Å². The summed E-state index contributed by atoms with van der Waals surface area (Å²) in [5.74, 6) is 0.895. The molecule has 0 aliphatic heterocycles. The van der Waals surface area contributed by atoms with Gasteiger partial charge in [0.1, 0.15) is 0 Å². The summed E-state index contributed by atoms with van der Waals surface area (Å²) in [5, 5.41) is 9.62. The molecule has 0 aromatic rings. The molecule has 72 valence electrons. The number of alkyl halides is 1. The van der Waals surface area contributed by atoms with E-state index in [-0.39, 0.29) is 12.0 Å². The van der Waals surface area contributed by atoms with Gasteiger partial charge in [-0.15, -0.1) is 18.2 Å². The van der Waals surface area contributed by atoms with Crippen molar-refractivity contribution >= 4 is 11.6 Å². The molecule has 0 aliphatic carbocycles. The lowest BCUT2D eigenvalue weighted by Gasteiger charge is -2.18. The number of halogens is 1. The van der Waals surface area contributed by atoms with Crippen molar-refractivity contribution in [3.8, 4) is 0 Å². The normalized spacial score (nSPS) is 15.6. The smallest absolute Gasteiger partial charge is 0.0602 e. The molecule has 12 heavy (non-hydrogen) atoms. The largest absolute Gasteiger partial charge is 0.393 e. The fourth-order valence-corrected chi connectivity index (χ4v) is 1.44. The molecule has 0 rings (SSSR count). The molecule has 0 aliphatic rings. The van der Waals surface area contributed by atoms with Gasteiger partial charge in [-0.1, -0.05) is 19.4 Å². The first-order valence-corrected chi connectivity index (χ1v) is 5.16. The molecule has 0 heterocycles. The molecule has 1 nitrogen and oxygen atoms in total. The SMILES string of the molecule is C=C[C@H](CCCCl)[C@H](O)CCC. The standard InChI is InChI=1S/C10H19ClO/c1-3-6-10(12)9(4-2)7-5-8-11/h4,9-10,12H,2-3,5-8H2,1H3/t9-,10-/m1/s1. The van der Waals surface area contributed by atoms with Crippen LogP contribution in [0.1, 0.15) is 32.6 Å². The summed E-state index contributed by atoms with van der Waals surface area (Å²) >= 11 is 5.57. The van der Waals surface area contributed by atoms with E-state index in [1.165, 1.54) is 0 Å². The topological polar surface area (TPSA) is 20.2 Å². The Bertz CT molecular complexity index is 114. The molecule has 0 aromatic carbocycles. The van der Waals surface area contributed by atoms with Crippen molar-refractivity contribution < 1.29 is 5.11 Å². The van der Waals surface area contributed by atoms with Gasteiger partial charge in [0.2, 0.25) is 0 Å². The average molecular weight is 191 g/mol. The van der Waals surface area contributed by atoms with Crippen LogP contribution in [0.15, 0.2) is 12.7 Å². The summed E-state index contributed by atoms with van der Waals surface area (Å²) in [7, 11) is 0. The Morgan fingerprint density at radius 1 is 1.50 bits per heavy atom. The fraction of sp³-hybridized carbons (Fsp3) is 0.800. The molecule has 0 amide bonds. The molecular formula is C10H19ClO. The minimum absolute atomic E-state index is 0.226. The lowest BCUT2D eigenvalue weighted by atomic mass is 9.94. The van der Waals surface area contributed by atoms with Gasteiger partial charge in [-0.25, -0.2) is 0 Å². The summed E-state index contributed by atoms with van der Waals surface area (Å²) in [4.78, 5) is 0. The van der Waals surface area contributed by atoms with Gasteiger partial charge in [0.25, 0.3) is 0 Å². The second-order valence-electron chi connectivity index (χ2n) is 3.09. The van der Waals surface area contributed by atoms with Gasteiger partial charge in [0, 0.05) is 11.8 Å². The predicted octanol–water partition coefficient (Wildman–Crippen LogP) is 2.97. The van der Waals surface area contributed by atoms with E-state index in [0.29, 0.717) is 5.88 Å². The van der Waals surface area contributed by atoms with Crippen molar-refractivity contribution in [3.05, 3.63) is 12.7 Å². The number of aliphatic hydroxyl groups is 1. The molecule has 2 heteroatoms. The Morgan fingerprint density at radius 2 is 2.17 bits per heavy atom. The second-order valence-corrected chi connectivity index (χ2v) is 3.46. The third-order valence-electron chi connectivity index (χ3n) is 2.05. The van der Waals surface area contributed by atoms with E-state index in [1.807, 2.05) is 6.08 Å². The number of hydrogen-bond acceptors (Lipinski definition) is 1. The summed E-state index contributed by atoms with van der Waals surface area (Å²) in [6.07, 6.45) is 5.40. The minimum Gasteiger partial charge on any atom is -0.393 e. The van der Waals surface area contributed by atoms with Gasteiger partial charge < -0.3 is 5.11 Å². The summed E-state index contributed by atoms with van der Waals surface area (Å²) in [5.41, 5.74) is 0. The molecular weight excluding hydrogens is 172 g/mol. The van der Waals surface area contributed by atoms with Gasteiger partial charge in [-0.2, -0.15) is 0 Å². The van der Waals surface area contributed by atoms with Crippen LogP contribution in [0.4, 0.5) is 0 Å². The third-order valence-corrected chi connectivity index (χ3v) is 2.32. The van der Waals surface area contributed by atoms with Crippen LogP contribution < -0.4 is 0 Å². The van der Waals surface area contributed by atoms with Gasteiger partial charge in [-0.3, -0.25) is 0 Å². The molecule has 1 N–H and O–H groups in total. The quantitative estimate of drug-likeness (QED) is 0.484. The van der Waals surface area contributed by atoms with Crippen LogP contribution in [-0.4, -0.2) is 17.1 Å². The number of hydrogen-bond donors (Lipinski definition) is 1. The van der Waals surface area contributed by atoms with E-state index < -0.39 is 0 Å². The Morgan fingerprint density at radius 3 is 2.58 bits per heavy atom. The third kappa shape index (κ3) is 4.78. The molecule has 0 fully saturated rings. The highest BCUT2D eigenvalue weighted by Gasteiger charge is 2.13. The zero-order valence-electron chi connectivity index (χ0n) is 7.80. The van der Waals surface area contributed by atoms with Crippen LogP contribution in [0.2, 0.25) is 0 Å². The van der Waals surface area contributed by atoms with Crippen molar-refractivity contribution in [2.45, 2.75) is 38.7 Å². The molecule has 0 bridgehead atoms. The van der Waals surface area contributed by atoms with E-state index in [9.17, 15) is 5.11 Å². The van der Waals surface area contributed by atoms with Gasteiger partial charge in [0.15, 0.2) is 0 Å². The second kappa shape index (κ2) is 7.63. The highest BCUT2D eigenvalue weighted by Crippen LogP contribution is 2.16. The van der Waals surface area contributed by atoms with E-state index in [2.05, 4.69) is 13.5 Å². The van der Waals surface area contributed by atoms with Crippen molar-refractivity contribution in [3.63, 3.8) is 0 Å². The van der Waals surface area contributed by atoms with E-state index in [1.54, 1.807) is 0 Å². The first kappa shape index (κ1) is 12.0. The number of aliphatic hydroxyl groups excluding tert-OH is 1. The number of rotatable bonds is 7. The molecule has 0 aromatic heterocycles. The van der Waals surface area contributed by atoms with E-state index in [4.69, 9.17) is 11.6 Å². The van der Waals surface area contributed by atoms with Gasteiger partial charge in [0.05, 0.1) is 6.10 Å². The molecule has 2 atom stereocenters. The van der Waals surface area contributed by atoms with Crippen LogP contribution in [0.5, 0.6) is 0 Å². The van der Waals surface area contributed by atoms with Crippen molar-refractivity contribution in [1.29, 1.82) is 0 Å². The lowest BCUT2D eigenvalue weighted by molar-refractivity contribution is 0.115. The Balaban J connectivity index is 3.70. The Labute approximate surface area is 80.4 Å². The molecule has 0 radical (unpaired) electrons. The van der Waals surface area contributed by atoms with Crippen LogP contribution in [0.25, 0.3) is 0 Å². The Kier molecular flexibility index (Phi) is 7.62.